The molecule has 4 rings (SSSR count). The molecule has 2 aliphatic rings. The number of hydrogen-bond acceptors (Lipinski definition) is 6. The van der Waals surface area contributed by atoms with Crippen LogP contribution >= 0.6 is 11.8 Å². The van der Waals surface area contributed by atoms with Gasteiger partial charge in [-0.25, -0.2) is 4.68 Å². The number of piperidine rings is 1. The molecule has 2 aliphatic heterocycles. The first kappa shape index (κ1) is 19.9. The van der Waals surface area contributed by atoms with Gasteiger partial charge in [0.05, 0.1) is 11.2 Å². The quantitative estimate of drug-likeness (QED) is 0.664. The first-order chi connectivity index (χ1) is 14.1. The van der Waals surface area contributed by atoms with Crippen LogP contribution in [0.4, 0.5) is 0 Å². The van der Waals surface area contributed by atoms with E-state index >= 15 is 0 Å². The van der Waals surface area contributed by atoms with E-state index in [1.54, 1.807) is 11.7 Å². The van der Waals surface area contributed by atoms with Crippen molar-refractivity contribution < 1.29 is 9.59 Å². The number of thioether (sulfide) groups is 1. The number of likely N-dealkylation sites (tertiary alicyclic amines) is 2. The molecule has 1 spiro atoms. The van der Waals surface area contributed by atoms with Crippen molar-refractivity contribution in [3.05, 3.63) is 35.9 Å². The summed E-state index contributed by atoms with van der Waals surface area (Å²) in [4.78, 5) is 29.8. The van der Waals surface area contributed by atoms with Gasteiger partial charge in [-0.2, -0.15) is 0 Å². The second-order valence-electron chi connectivity index (χ2n) is 7.85. The van der Waals surface area contributed by atoms with E-state index in [1.807, 2.05) is 28.0 Å². The van der Waals surface area contributed by atoms with Crippen LogP contribution in [-0.4, -0.2) is 73.8 Å². The van der Waals surface area contributed by atoms with Crippen LogP contribution in [0.1, 0.15) is 24.8 Å². The van der Waals surface area contributed by atoms with Crippen LogP contribution in [0.5, 0.6) is 0 Å². The van der Waals surface area contributed by atoms with E-state index in [1.165, 1.54) is 17.3 Å². The van der Waals surface area contributed by atoms with Gasteiger partial charge in [0.2, 0.25) is 17.0 Å². The third kappa shape index (κ3) is 4.29. The molecule has 0 N–H and O–H groups in total. The molecular formula is C20H26N6O2S. The van der Waals surface area contributed by atoms with E-state index in [0.29, 0.717) is 18.2 Å². The van der Waals surface area contributed by atoms with Crippen LogP contribution in [0.25, 0.3) is 0 Å². The molecule has 154 valence electrons. The SMILES string of the molecule is Cn1nnnc1SCC(=O)N1CCC2(CCCN(CCc3ccccc3)C2=O)C1. The van der Waals surface area contributed by atoms with E-state index in [2.05, 4.69) is 27.7 Å². The second-order valence-corrected chi connectivity index (χ2v) is 8.79. The lowest BCUT2D eigenvalue weighted by Gasteiger charge is -2.39. The van der Waals surface area contributed by atoms with Crippen LogP contribution in [0, 0.1) is 5.41 Å². The maximum atomic E-state index is 13.3. The molecule has 1 unspecified atom stereocenters. The van der Waals surface area contributed by atoms with Crippen LogP contribution < -0.4 is 0 Å². The van der Waals surface area contributed by atoms with Gasteiger partial charge in [0.25, 0.3) is 0 Å². The van der Waals surface area contributed by atoms with Crippen molar-refractivity contribution in [3.63, 3.8) is 0 Å². The average Bonchev–Trinajstić information content (AvgIpc) is 3.35. The van der Waals surface area contributed by atoms with Crippen molar-refractivity contribution in [3.8, 4) is 0 Å². The molecule has 0 saturated carbocycles. The van der Waals surface area contributed by atoms with Gasteiger partial charge in [-0.1, -0.05) is 42.1 Å². The molecule has 0 bridgehead atoms. The zero-order chi connectivity index (χ0) is 20.3. The molecule has 8 nitrogen and oxygen atoms in total. The average molecular weight is 415 g/mol. The number of tetrazole rings is 1. The Hall–Kier alpha value is -2.42. The molecule has 1 atom stereocenters. The number of nitrogens with zero attached hydrogens (tertiary/aromatic N) is 6. The van der Waals surface area contributed by atoms with E-state index < -0.39 is 5.41 Å². The highest BCUT2D eigenvalue weighted by atomic mass is 32.2. The Balaban J connectivity index is 1.33. The predicted molar refractivity (Wildman–Crippen MR) is 109 cm³/mol. The van der Waals surface area contributed by atoms with Crippen LogP contribution in [0.2, 0.25) is 0 Å². The highest BCUT2D eigenvalue weighted by Gasteiger charge is 2.49. The molecule has 2 fully saturated rings. The zero-order valence-electron chi connectivity index (χ0n) is 16.7. The summed E-state index contributed by atoms with van der Waals surface area (Å²) in [6.45, 7) is 2.74. The molecule has 2 saturated heterocycles. The molecule has 1 aromatic heterocycles. The minimum atomic E-state index is -0.401. The van der Waals surface area contributed by atoms with Gasteiger partial charge in [-0.05, 0) is 41.7 Å². The number of aromatic nitrogens is 4. The summed E-state index contributed by atoms with van der Waals surface area (Å²) in [6.07, 6.45) is 3.50. The van der Waals surface area contributed by atoms with Gasteiger partial charge in [0.1, 0.15) is 0 Å². The first-order valence-corrected chi connectivity index (χ1v) is 11.0. The highest BCUT2D eigenvalue weighted by Crippen LogP contribution is 2.40. The van der Waals surface area contributed by atoms with Crippen LogP contribution in [-0.2, 0) is 23.1 Å². The third-order valence-corrected chi connectivity index (χ3v) is 6.95. The van der Waals surface area contributed by atoms with Crippen molar-refractivity contribution in [1.29, 1.82) is 0 Å². The number of carbonyl (C=O) groups excluding carboxylic acids is 2. The molecule has 3 heterocycles. The maximum Gasteiger partial charge on any atom is 0.233 e. The minimum Gasteiger partial charge on any atom is -0.342 e. The van der Waals surface area contributed by atoms with E-state index in [-0.39, 0.29) is 17.6 Å². The van der Waals surface area contributed by atoms with E-state index in [9.17, 15) is 9.59 Å². The first-order valence-electron chi connectivity index (χ1n) is 10.0. The minimum absolute atomic E-state index is 0.0454. The van der Waals surface area contributed by atoms with Gasteiger partial charge in [0, 0.05) is 33.2 Å². The maximum absolute atomic E-state index is 13.3. The molecule has 0 radical (unpaired) electrons. The van der Waals surface area contributed by atoms with Gasteiger partial charge in [-0.3, -0.25) is 9.59 Å². The molecule has 29 heavy (non-hydrogen) atoms. The van der Waals surface area contributed by atoms with Crippen LogP contribution in [0.15, 0.2) is 35.5 Å². The fourth-order valence-corrected chi connectivity index (χ4v) is 5.05. The monoisotopic (exact) mass is 414 g/mol. The Morgan fingerprint density at radius 3 is 2.79 bits per heavy atom. The summed E-state index contributed by atoms with van der Waals surface area (Å²) in [5.74, 6) is 0.556. The molecule has 0 aliphatic carbocycles. The Bertz CT molecular complexity index is 873. The summed E-state index contributed by atoms with van der Waals surface area (Å²) in [5.41, 5.74) is 0.847. The fraction of sp³-hybridized carbons (Fsp3) is 0.550. The van der Waals surface area contributed by atoms with Gasteiger partial charge < -0.3 is 9.80 Å². The number of rotatable bonds is 6. The summed E-state index contributed by atoms with van der Waals surface area (Å²) in [5, 5.41) is 11.9. The summed E-state index contributed by atoms with van der Waals surface area (Å²) < 4.78 is 1.55. The lowest BCUT2D eigenvalue weighted by atomic mass is 9.78. The summed E-state index contributed by atoms with van der Waals surface area (Å²) in [6, 6.07) is 10.3. The smallest absolute Gasteiger partial charge is 0.233 e. The Morgan fingerprint density at radius 2 is 2.03 bits per heavy atom. The molecule has 2 aromatic rings. The number of benzene rings is 1. The van der Waals surface area contributed by atoms with E-state index in [0.717, 1.165) is 38.8 Å². The Kier molecular flexibility index (Phi) is 5.84. The standard InChI is InChI=1S/C20H26N6O2S/c1-24-19(21-22-23-24)29-14-17(27)26-13-10-20(15-26)9-5-11-25(18(20)28)12-8-16-6-3-2-4-7-16/h2-4,6-7H,5,8-15H2,1H3. The number of hydrogen-bond donors (Lipinski definition) is 0. The Morgan fingerprint density at radius 1 is 1.21 bits per heavy atom. The van der Waals surface area contributed by atoms with Crippen molar-refractivity contribution in [1.82, 2.24) is 30.0 Å². The predicted octanol–water partition coefficient (Wildman–Crippen LogP) is 1.39. The Labute approximate surface area is 174 Å². The van der Waals surface area contributed by atoms with Gasteiger partial charge in [-0.15, -0.1) is 5.10 Å². The zero-order valence-corrected chi connectivity index (χ0v) is 17.5. The van der Waals surface area contributed by atoms with Crippen molar-refractivity contribution in [2.24, 2.45) is 12.5 Å². The molecular weight excluding hydrogens is 388 g/mol. The normalized spacial score (nSPS) is 21.9. The summed E-state index contributed by atoms with van der Waals surface area (Å²) in [7, 11) is 1.75. The highest BCUT2D eigenvalue weighted by molar-refractivity contribution is 7.99. The van der Waals surface area contributed by atoms with Gasteiger partial charge >= 0.3 is 0 Å². The van der Waals surface area contributed by atoms with Crippen LogP contribution in [0.3, 0.4) is 0 Å². The molecule has 9 heteroatoms. The second kappa shape index (κ2) is 8.52. The van der Waals surface area contributed by atoms with Crippen molar-refractivity contribution in [2.75, 3.05) is 31.9 Å². The molecule has 2 amide bonds. The fourth-order valence-electron chi connectivity index (χ4n) is 4.30. The largest absolute Gasteiger partial charge is 0.342 e. The number of aryl methyl sites for hydroxylation is 1. The topological polar surface area (TPSA) is 84.2 Å². The van der Waals surface area contributed by atoms with Gasteiger partial charge in [0.15, 0.2) is 0 Å². The lowest BCUT2D eigenvalue weighted by molar-refractivity contribution is -0.146. The lowest BCUT2D eigenvalue weighted by Crippen LogP contribution is -2.51. The van der Waals surface area contributed by atoms with Crippen molar-refractivity contribution in [2.45, 2.75) is 30.8 Å². The number of carbonyl (C=O) groups is 2. The summed E-state index contributed by atoms with van der Waals surface area (Å²) >= 11 is 1.33. The number of amides is 2. The molecule has 1 aromatic carbocycles. The van der Waals surface area contributed by atoms with E-state index in [4.69, 9.17) is 0 Å². The third-order valence-electron chi connectivity index (χ3n) is 5.95. The van der Waals surface area contributed by atoms with Crippen molar-refractivity contribution >= 4 is 23.6 Å².